The Kier molecular flexibility index (Phi) is 6.80. The van der Waals surface area contributed by atoms with Crippen LogP contribution in [-0.4, -0.2) is 59.5 Å². The number of carbonyl (C=O) groups is 2. The molecule has 4 rings (SSSR count). The van der Waals surface area contributed by atoms with Crippen molar-refractivity contribution >= 4 is 27.5 Å². The Morgan fingerprint density at radius 2 is 1.86 bits per heavy atom. The number of anilines is 1. The van der Waals surface area contributed by atoms with E-state index in [-0.39, 0.29) is 29.8 Å². The summed E-state index contributed by atoms with van der Waals surface area (Å²) in [6.07, 6.45) is 2.09. The number of para-hydroxylation sites is 1. The summed E-state index contributed by atoms with van der Waals surface area (Å²) in [6, 6.07) is 7.88. The number of hydrogen-bond donors (Lipinski definition) is 1. The molecule has 10 heteroatoms. The third-order valence-corrected chi connectivity index (χ3v) is 8.73. The number of fused-ring (bicyclic) bond motifs is 1. The molecule has 1 N–H and O–H groups in total. The van der Waals surface area contributed by atoms with Gasteiger partial charge >= 0.3 is 0 Å². The number of amides is 2. The van der Waals surface area contributed by atoms with E-state index in [9.17, 15) is 18.0 Å². The van der Waals surface area contributed by atoms with Crippen LogP contribution in [0.5, 0.6) is 0 Å². The summed E-state index contributed by atoms with van der Waals surface area (Å²) >= 11 is 0. The number of carbonyl (C=O) groups excluding carboxylic acids is 2. The molecule has 2 aliphatic heterocycles. The van der Waals surface area contributed by atoms with E-state index >= 15 is 0 Å². The second-order valence-electron chi connectivity index (χ2n) is 10.5. The summed E-state index contributed by atoms with van der Waals surface area (Å²) in [5.74, 6) is -0.641. The topological polar surface area (TPSA) is 105 Å². The van der Waals surface area contributed by atoms with Gasteiger partial charge in [-0.3, -0.25) is 14.3 Å². The highest BCUT2D eigenvalue weighted by Crippen LogP contribution is 2.32. The second kappa shape index (κ2) is 9.39. The molecular formula is C25H35N5O4S. The Labute approximate surface area is 207 Å². The van der Waals surface area contributed by atoms with E-state index in [0.29, 0.717) is 37.3 Å². The molecule has 9 nitrogen and oxygen atoms in total. The highest BCUT2D eigenvalue weighted by Gasteiger charge is 2.39. The van der Waals surface area contributed by atoms with Crippen LogP contribution in [-0.2, 0) is 32.6 Å². The maximum absolute atomic E-state index is 13.7. The average molecular weight is 502 g/mol. The fourth-order valence-electron chi connectivity index (χ4n) is 5.08. The number of aryl methyl sites for hydroxylation is 1. The average Bonchev–Trinajstić information content (AvgIpc) is 3.32. The van der Waals surface area contributed by atoms with E-state index in [2.05, 4.69) is 10.4 Å². The Balaban J connectivity index is 1.53. The van der Waals surface area contributed by atoms with Crippen molar-refractivity contribution in [1.29, 1.82) is 0 Å². The molecule has 190 valence electrons. The first kappa shape index (κ1) is 25.4. The molecule has 2 aromatic rings. The smallest absolute Gasteiger partial charge is 0.246 e. The molecule has 1 aromatic carbocycles. The summed E-state index contributed by atoms with van der Waals surface area (Å²) in [5, 5.41) is 7.23. The van der Waals surface area contributed by atoms with E-state index in [4.69, 9.17) is 0 Å². The molecule has 0 aliphatic carbocycles. The number of hydrogen-bond acceptors (Lipinski definition) is 5. The van der Waals surface area contributed by atoms with Crippen LogP contribution in [0.1, 0.15) is 50.6 Å². The van der Waals surface area contributed by atoms with Crippen molar-refractivity contribution in [3.8, 4) is 0 Å². The van der Waals surface area contributed by atoms with Gasteiger partial charge in [-0.2, -0.15) is 9.40 Å². The summed E-state index contributed by atoms with van der Waals surface area (Å²) < 4.78 is 30.2. The van der Waals surface area contributed by atoms with Crippen molar-refractivity contribution in [2.45, 2.75) is 70.9 Å². The molecule has 0 unspecified atom stereocenters. The fraction of sp³-hybridized carbons (Fsp3) is 0.560. The van der Waals surface area contributed by atoms with Gasteiger partial charge in [-0.25, -0.2) is 8.42 Å². The van der Waals surface area contributed by atoms with E-state index in [1.807, 2.05) is 45.0 Å². The third-order valence-electron chi connectivity index (χ3n) is 6.61. The van der Waals surface area contributed by atoms with Gasteiger partial charge in [0.05, 0.1) is 17.3 Å². The zero-order chi connectivity index (χ0) is 25.5. The lowest BCUT2D eigenvalue weighted by Gasteiger charge is -2.33. The van der Waals surface area contributed by atoms with E-state index < -0.39 is 21.5 Å². The van der Waals surface area contributed by atoms with Crippen molar-refractivity contribution in [3.05, 3.63) is 41.2 Å². The predicted molar refractivity (Wildman–Crippen MR) is 134 cm³/mol. The highest BCUT2D eigenvalue weighted by molar-refractivity contribution is 7.89. The molecule has 1 saturated heterocycles. The van der Waals surface area contributed by atoms with Gasteiger partial charge in [0.25, 0.3) is 0 Å². The molecular weight excluding hydrogens is 466 g/mol. The first-order valence-electron chi connectivity index (χ1n) is 12.1. The van der Waals surface area contributed by atoms with Gasteiger partial charge in [-0.05, 0) is 65.5 Å². The van der Waals surface area contributed by atoms with Gasteiger partial charge in [0.1, 0.15) is 11.4 Å². The molecule has 2 amide bonds. The zero-order valence-corrected chi connectivity index (χ0v) is 22.0. The van der Waals surface area contributed by atoms with Crippen molar-refractivity contribution in [3.63, 3.8) is 0 Å². The van der Waals surface area contributed by atoms with E-state index in [1.165, 1.54) is 8.99 Å². The van der Waals surface area contributed by atoms with Crippen LogP contribution in [0.2, 0.25) is 0 Å². The van der Waals surface area contributed by atoms with Crippen molar-refractivity contribution < 1.29 is 18.0 Å². The quantitative estimate of drug-likeness (QED) is 0.678. The van der Waals surface area contributed by atoms with E-state index in [0.717, 1.165) is 17.7 Å². The summed E-state index contributed by atoms with van der Waals surface area (Å²) in [4.78, 5) is 27.7. The van der Waals surface area contributed by atoms with E-state index in [1.54, 1.807) is 18.7 Å². The van der Waals surface area contributed by atoms with Crippen molar-refractivity contribution in [2.75, 3.05) is 24.5 Å². The van der Waals surface area contributed by atoms with Crippen LogP contribution in [0.3, 0.4) is 0 Å². The van der Waals surface area contributed by atoms with Gasteiger partial charge in [-0.15, -0.1) is 0 Å². The molecule has 3 heterocycles. The van der Waals surface area contributed by atoms with Crippen LogP contribution in [0.15, 0.2) is 29.2 Å². The minimum absolute atomic E-state index is 0.0159. The van der Waals surface area contributed by atoms with Crippen molar-refractivity contribution in [2.24, 2.45) is 5.92 Å². The molecule has 1 aromatic heterocycles. The van der Waals surface area contributed by atoms with Crippen LogP contribution < -0.4 is 10.2 Å². The van der Waals surface area contributed by atoms with Crippen molar-refractivity contribution in [1.82, 2.24) is 19.4 Å². The zero-order valence-electron chi connectivity index (χ0n) is 21.2. The Hall–Kier alpha value is -2.72. The third kappa shape index (κ3) is 5.13. The Bertz CT molecular complexity index is 1250. The Morgan fingerprint density at radius 3 is 2.57 bits per heavy atom. The number of nitrogens with zero attached hydrogens (tertiary/aromatic N) is 4. The predicted octanol–water partition coefficient (Wildman–Crippen LogP) is 2.40. The van der Waals surface area contributed by atoms with Crippen LogP contribution in [0.4, 0.5) is 5.69 Å². The second-order valence-corrected chi connectivity index (χ2v) is 12.4. The van der Waals surface area contributed by atoms with Gasteiger partial charge in [-0.1, -0.05) is 18.2 Å². The minimum Gasteiger partial charge on any atom is -0.350 e. The monoisotopic (exact) mass is 501 g/mol. The van der Waals surface area contributed by atoms with Crippen LogP contribution in [0, 0.1) is 19.8 Å². The minimum atomic E-state index is -3.88. The SMILES string of the molecule is Cc1nn(CC(=O)NC(C)(C)C)c(C)c1S(=O)(=O)N1CCC[C@@H](C(=O)N2CCc3ccccc32)C1. The molecule has 1 atom stereocenters. The first-order chi connectivity index (χ1) is 16.4. The highest BCUT2D eigenvalue weighted by atomic mass is 32.2. The number of sulfonamides is 1. The lowest BCUT2D eigenvalue weighted by molar-refractivity contribution is -0.124. The fourth-order valence-corrected chi connectivity index (χ4v) is 6.98. The lowest BCUT2D eigenvalue weighted by atomic mass is 9.98. The normalized spacial score (nSPS) is 19.0. The summed E-state index contributed by atoms with van der Waals surface area (Å²) in [6.45, 7) is 10.0. The molecule has 0 saturated carbocycles. The largest absolute Gasteiger partial charge is 0.350 e. The molecule has 35 heavy (non-hydrogen) atoms. The van der Waals surface area contributed by atoms with Crippen LogP contribution in [0.25, 0.3) is 0 Å². The molecule has 0 bridgehead atoms. The summed E-state index contributed by atoms with van der Waals surface area (Å²) in [7, 11) is -3.88. The standard InChI is InChI=1S/C25H35N5O4S/c1-17-23(18(2)30(27-17)16-22(31)26-25(3,4)5)35(33,34)28-13-8-10-20(15-28)24(32)29-14-12-19-9-6-7-11-21(19)29/h6-7,9,11,20H,8,10,12-16H2,1-5H3,(H,26,31)/t20-/m1/s1. The molecule has 0 spiro atoms. The first-order valence-corrected chi connectivity index (χ1v) is 13.6. The number of rotatable bonds is 5. The van der Waals surface area contributed by atoms with Gasteiger partial charge in [0.15, 0.2) is 0 Å². The molecule has 2 aliphatic rings. The maximum Gasteiger partial charge on any atom is 0.246 e. The number of nitrogens with one attached hydrogen (secondary N) is 1. The maximum atomic E-state index is 13.7. The Morgan fingerprint density at radius 1 is 1.14 bits per heavy atom. The summed E-state index contributed by atoms with van der Waals surface area (Å²) in [5.41, 5.74) is 2.46. The molecule has 1 fully saturated rings. The molecule has 0 radical (unpaired) electrons. The number of aromatic nitrogens is 2. The van der Waals surface area contributed by atoms with Gasteiger partial charge in [0.2, 0.25) is 21.8 Å². The number of benzene rings is 1. The number of piperidine rings is 1. The van der Waals surface area contributed by atoms with Gasteiger partial charge < -0.3 is 10.2 Å². The lowest BCUT2D eigenvalue weighted by Crippen LogP contribution is -2.46. The van der Waals surface area contributed by atoms with Crippen LogP contribution >= 0.6 is 0 Å². The van der Waals surface area contributed by atoms with Gasteiger partial charge in [0, 0.05) is 30.9 Å².